The molecule has 1 aliphatic rings. The lowest BCUT2D eigenvalue weighted by molar-refractivity contribution is 0.178. The fourth-order valence-corrected chi connectivity index (χ4v) is 2.95. The molecule has 5 heteroatoms. The number of rotatable bonds is 6. The Morgan fingerprint density at radius 2 is 2.24 bits per heavy atom. The number of piperidine rings is 1. The molecule has 0 saturated carbocycles. The number of hydrogen-bond donors (Lipinski definition) is 1. The first-order valence-corrected chi connectivity index (χ1v) is 7.82. The zero-order valence-electron chi connectivity index (χ0n) is 12.7. The summed E-state index contributed by atoms with van der Waals surface area (Å²) in [6.45, 7) is 7.24. The molecule has 3 rings (SSSR count). The molecule has 1 saturated heterocycles. The molecule has 21 heavy (non-hydrogen) atoms. The predicted octanol–water partition coefficient (Wildman–Crippen LogP) is 2.25. The summed E-state index contributed by atoms with van der Waals surface area (Å²) in [6.07, 6.45) is 8.01. The van der Waals surface area contributed by atoms with Gasteiger partial charge in [-0.3, -0.25) is 4.90 Å². The van der Waals surface area contributed by atoms with Crippen LogP contribution in [0.1, 0.15) is 31.2 Å². The molecule has 0 bridgehead atoms. The van der Waals surface area contributed by atoms with Gasteiger partial charge in [0.05, 0.1) is 24.8 Å². The maximum absolute atomic E-state index is 5.42. The van der Waals surface area contributed by atoms with Crippen LogP contribution >= 0.6 is 0 Å². The molecule has 0 aromatic carbocycles. The molecule has 114 valence electrons. The van der Waals surface area contributed by atoms with Gasteiger partial charge in [0.25, 0.3) is 0 Å². The molecule has 1 aliphatic heterocycles. The van der Waals surface area contributed by atoms with E-state index in [1.54, 1.807) is 6.26 Å². The topological polar surface area (TPSA) is 46.2 Å². The Kier molecular flexibility index (Phi) is 4.72. The largest absolute Gasteiger partial charge is 0.468 e. The number of nitrogens with one attached hydrogen (secondary N) is 1. The number of hydrogen-bond acceptors (Lipinski definition) is 4. The zero-order valence-corrected chi connectivity index (χ0v) is 12.7. The van der Waals surface area contributed by atoms with E-state index in [0.29, 0.717) is 6.04 Å². The normalized spacial score (nSPS) is 17.4. The molecule has 2 aromatic heterocycles. The molecule has 0 spiro atoms. The van der Waals surface area contributed by atoms with Crippen LogP contribution in [-0.2, 0) is 19.6 Å². The maximum atomic E-state index is 5.42. The summed E-state index contributed by atoms with van der Waals surface area (Å²) in [5.74, 6) is 1.06. The Bertz CT molecular complexity index is 526. The van der Waals surface area contributed by atoms with Crippen LogP contribution in [0.15, 0.2) is 35.3 Å². The molecule has 0 unspecified atom stereocenters. The van der Waals surface area contributed by atoms with Gasteiger partial charge in [-0.2, -0.15) is 0 Å². The van der Waals surface area contributed by atoms with Crippen molar-refractivity contribution >= 4 is 0 Å². The second kappa shape index (κ2) is 6.91. The second-order valence-electron chi connectivity index (χ2n) is 5.68. The van der Waals surface area contributed by atoms with Gasteiger partial charge >= 0.3 is 0 Å². The Morgan fingerprint density at radius 1 is 1.38 bits per heavy atom. The monoisotopic (exact) mass is 288 g/mol. The first-order chi connectivity index (χ1) is 10.3. The van der Waals surface area contributed by atoms with Crippen LogP contribution in [0.5, 0.6) is 0 Å². The quantitative estimate of drug-likeness (QED) is 0.885. The van der Waals surface area contributed by atoms with Crippen molar-refractivity contribution in [3.8, 4) is 0 Å². The average Bonchev–Trinajstić information content (AvgIpc) is 3.17. The van der Waals surface area contributed by atoms with Gasteiger partial charge in [0, 0.05) is 38.4 Å². The Balaban J connectivity index is 1.41. The molecule has 1 fully saturated rings. The molecule has 0 amide bonds. The van der Waals surface area contributed by atoms with Crippen molar-refractivity contribution in [3.63, 3.8) is 0 Å². The van der Waals surface area contributed by atoms with Crippen LogP contribution in [0.3, 0.4) is 0 Å². The lowest BCUT2D eigenvalue weighted by Gasteiger charge is -2.31. The fourth-order valence-electron chi connectivity index (χ4n) is 2.95. The summed E-state index contributed by atoms with van der Waals surface area (Å²) in [5, 5.41) is 3.67. The third-order valence-electron chi connectivity index (χ3n) is 4.26. The van der Waals surface area contributed by atoms with Crippen LogP contribution in [0.4, 0.5) is 0 Å². The molecular weight excluding hydrogens is 264 g/mol. The minimum atomic E-state index is 0.609. The summed E-state index contributed by atoms with van der Waals surface area (Å²) in [4.78, 5) is 6.68. The van der Waals surface area contributed by atoms with E-state index in [1.165, 1.54) is 18.5 Å². The van der Waals surface area contributed by atoms with Crippen molar-refractivity contribution in [2.45, 2.75) is 45.4 Å². The van der Waals surface area contributed by atoms with Crippen molar-refractivity contribution in [1.82, 2.24) is 19.8 Å². The van der Waals surface area contributed by atoms with Crippen LogP contribution < -0.4 is 5.32 Å². The van der Waals surface area contributed by atoms with Crippen LogP contribution in [-0.4, -0.2) is 33.6 Å². The maximum Gasteiger partial charge on any atom is 0.117 e. The van der Waals surface area contributed by atoms with Crippen LogP contribution in [0, 0.1) is 0 Å². The number of nitrogens with zero attached hydrogens (tertiary/aromatic N) is 3. The summed E-state index contributed by atoms with van der Waals surface area (Å²) >= 11 is 0. The van der Waals surface area contributed by atoms with Gasteiger partial charge in [-0.05, 0) is 31.9 Å². The first kappa shape index (κ1) is 14.4. The van der Waals surface area contributed by atoms with E-state index < -0.39 is 0 Å². The summed E-state index contributed by atoms with van der Waals surface area (Å²) in [5.41, 5.74) is 1.27. The standard InChI is InChI=1S/C16H24N4O/c1-2-20-13-17-10-15(20)11-18-14-5-7-19(8-6-14)12-16-4-3-9-21-16/h3-4,9-10,13-14,18H,2,5-8,11-12H2,1H3. The molecule has 0 aliphatic carbocycles. The molecule has 0 radical (unpaired) electrons. The van der Waals surface area contributed by atoms with Gasteiger partial charge in [-0.1, -0.05) is 0 Å². The van der Waals surface area contributed by atoms with Gasteiger partial charge < -0.3 is 14.3 Å². The lowest BCUT2D eigenvalue weighted by atomic mass is 10.0. The highest BCUT2D eigenvalue weighted by Gasteiger charge is 2.19. The minimum Gasteiger partial charge on any atom is -0.468 e. The van der Waals surface area contributed by atoms with E-state index in [2.05, 4.69) is 32.8 Å². The van der Waals surface area contributed by atoms with Crippen molar-refractivity contribution in [3.05, 3.63) is 42.4 Å². The predicted molar refractivity (Wildman–Crippen MR) is 81.7 cm³/mol. The molecule has 2 aromatic rings. The molecular formula is C16H24N4O. The number of aryl methyl sites for hydroxylation is 1. The summed E-state index contributed by atoms with van der Waals surface area (Å²) in [6, 6.07) is 4.62. The molecule has 0 atom stereocenters. The average molecular weight is 288 g/mol. The van der Waals surface area contributed by atoms with E-state index in [-0.39, 0.29) is 0 Å². The molecule has 3 heterocycles. The minimum absolute atomic E-state index is 0.609. The van der Waals surface area contributed by atoms with Crippen molar-refractivity contribution in [1.29, 1.82) is 0 Å². The molecule has 5 nitrogen and oxygen atoms in total. The van der Waals surface area contributed by atoms with E-state index in [9.17, 15) is 0 Å². The number of imidazole rings is 1. The van der Waals surface area contributed by atoms with Crippen LogP contribution in [0.2, 0.25) is 0 Å². The Morgan fingerprint density at radius 3 is 2.95 bits per heavy atom. The fraction of sp³-hybridized carbons (Fsp3) is 0.562. The van der Waals surface area contributed by atoms with Gasteiger partial charge in [-0.15, -0.1) is 0 Å². The first-order valence-electron chi connectivity index (χ1n) is 7.82. The third-order valence-corrected chi connectivity index (χ3v) is 4.26. The van der Waals surface area contributed by atoms with E-state index in [1.807, 2.05) is 18.6 Å². The summed E-state index contributed by atoms with van der Waals surface area (Å²) < 4.78 is 7.61. The van der Waals surface area contributed by atoms with Gasteiger partial charge in [0.2, 0.25) is 0 Å². The zero-order chi connectivity index (χ0) is 14.5. The van der Waals surface area contributed by atoms with Gasteiger partial charge in [0.15, 0.2) is 0 Å². The number of furan rings is 1. The highest BCUT2D eigenvalue weighted by Crippen LogP contribution is 2.14. The number of likely N-dealkylation sites (tertiary alicyclic amines) is 1. The van der Waals surface area contributed by atoms with Gasteiger partial charge in [-0.25, -0.2) is 4.98 Å². The second-order valence-corrected chi connectivity index (χ2v) is 5.68. The smallest absolute Gasteiger partial charge is 0.117 e. The highest BCUT2D eigenvalue weighted by atomic mass is 16.3. The van der Waals surface area contributed by atoms with Crippen LogP contribution in [0.25, 0.3) is 0 Å². The van der Waals surface area contributed by atoms with Crippen molar-refractivity contribution in [2.75, 3.05) is 13.1 Å². The van der Waals surface area contributed by atoms with Crippen molar-refractivity contribution < 1.29 is 4.42 Å². The highest BCUT2D eigenvalue weighted by molar-refractivity contribution is 4.99. The number of aromatic nitrogens is 2. The van der Waals surface area contributed by atoms with E-state index in [0.717, 1.165) is 38.5 Å². The Labute approximate surface area is 126 Å². The Hall–Kier alpha value is -1.59. The van der Waals surface area contributed by atoms with Crippen molar-refractivity contribution in [2.24, 2.45) is 0 Å². The summed E-state index contributed by atoms with van der Waals surface area (Å²) in [7, 11) is 0. The van der Waals surface area contributed by atoms with E-state index in [4.69, 9.17) is 4.42 Å². The third kappa shape index (κ3) is 3.74. The van der Waals surface area contributed by atoms with E-state index >= 15 is 0 Å². The molecule has 1 N–H and O–H groups in total. The van der Waals surface area contributed by atoms with Gasteiger partial charge in [0.1, 0.15) is 5.76 Å². The lowest BCUT2D eigenvalue weighted by Crippen LogP contribution is -2.42. The SMILES string of the molecule is CCn1cncc1CNC1CCN(Cc2ccco2)CC1.